The van der Waals surface area contributed by atoms with Gasteiger partial charge in [-0.3, -0.25) is 10.1 Å². The Morgan fingerprint density at radius 2 is 2.31 bits per heavy atom. The van der Waals surface area contributed by atoms with Crippen LogP contribution >= 0.6 is 27.7 Å². The van der Waals surface area contributed by atoms with Gasteiger partial charge in [0.05, 0.1) is 9.82 Å². The van der Waals surface area contributed by atoms with E-state index in [4.69, 9.17) is 4.74 Å². The molecule has 0 N–H and O–H groups in total. The minimum Gasteiger partial charge on any atom is -0.385 e. The SMILES string of the molecule is COCCCSc1ccc(Br)cc1[N+](=O)[O-]. The van der Waals surface area contributed by atoms with E-state index >= 15 is 0 Å². The Balaban J connectivity index is 2.67. The predicted octanol–water partition coefficient (Wildman–Crippen LogP) is 3.49. The molecule has 88 valence electrons. The van der Waals surface area contributed by atoms with Gasteiger partial charge in [-0.05, 0) is 18.6 Å². The molecule has 0 unspecified atom stereocenters. The first-order valence-corrected chi connectivity index (χ1v) is 6.48. The highest BCUT2D eigenvalue weighted by molar-refractivity contribution is 9.10. The van der Waals surface area contributed by atoms with E-state index in [0.717, 1.165) is 16.6 Å². The third-order valence-electron chi connectivity index (χ3n) is 1.87. The minimum atomic E-state index is -0.358. The monoisotopic (exact) mass is 305 g/mol. The van der Waals surface area contributed by atoms with Crippen molar-refractivity contribution in [1.82, 2.24) is 0 Å². The van der Waals surface area contributed by atoms with E-state index in [1.807, 2.05) is 6.07 Å². The Hall–Kier alpha value is -0.590. The van der Waals surface area contributed by atoms with Gasteiger partial charge in [0.2, 0.25) is 0 Å². The van der Waals surface area contributed by atoms with Crippen molar-refractivity contribution in [3.63, 3.8) is 0 Å². The number of halogens is 1. The molecule has 1 aromatic rings. The molecule has 0 heterocycles. The fraction of sp³-hybridized carbons (Fsp3) is 0.400. The second-order valence-corrected chi connectivity index (χ2v) is 5.12. The zero-order chi connectivity index (χ0) is 12.0. The number of nitro benzene ring substituents is 1. The summed E-state index contributed by atoms with van der Waals surface area (Å²) >= 11 is 4.71. The number of nitrogens with zero attached hydrogens (tertiary/aromatic N) is 1. The summed E-state index contributed by atoms with van der Waals surface area (Å²) in [6, 6.07) is 5.10. The minimum absolute atomic E-state index is 0.150. The summed E-state index contributed by atoms with van der Waals surface area (Å²) in [5, 5.41) is 10.8. The number of rotatable bonds is 6. The molecule has 0 spiro atoms. The zero-order valence-electron chi connectivity index (χ0n) is 8.81. The maximum absolute atomic E-state index is 10.8. The van der Waals surface area contributed by atoms with Crippen LogP contribution in [-0.4, -0.2) is 24.4 Å². The van der Waals surface area contributed by atoms with Crippen molar-refractivity contribution >= 4 is 33.4 Å². The number of methoxy groups -OCH3 is 1. The molecule has 0 bridgehead atoms. The van der Waals surface area contributed by atoms with Gasteiger partial charge in [0.15, 0.2) is 0 Å². The third-order valence-corrected chi connectivity index (χ3v) is 3.51. The topological polar surface area (TPSA) is 52.4 Å². The molecule has 0 aliphatic heterocycles. The van der Waals surface area contributed by atoms with Crippen LogP contribution in [0.2, 0.25) is 0 Å². The van der Waals surface area contributed by atoms with Crippen LogP contribution < -0.4 is 0 Å². The van der Waals surface area contributed by atoms with E-state index in [1.165, 1.54) is 17.8 Å². The van der Waals surface area contributed by atoms with Crippen LogP contribution in [0.25, 0.3) is 0 Å². The Morgan fingerprint density at radius 3 is 2.94 bits per heavy atom. The molecule has 0 fully saturated rings. The molecule has 0 aliphatic carbocycles. The molecule has 1 aromatic carbocycles. The molecular weight excluding hydrogens is 294 g/mol. The number of nitro groups is 1. The average Bonchev–Trinajstić information content (AvgIpc) is 2.26. The van der Waals surface area contributed by atoms with Crippen LogP contribution in [0.1, 0.15) is 6.42 Å². The first-order valence-electron chi connectivity index (χ1n) is 4.71. The molecule has 0 atom stereocenters. The lowest BCUT2D eigenvalue weighted by Gasteiger charge is -2.03. The summed E-state index contributed by atoms with van der Waals surface area (Å²) in [5.74, 6) is 0.816. The van der Waals surface area contributed by atoms with E-state index in [-0.39, 0.29) is 10.6 Å². The molecule has 0 saturated carbocycles. The molecule has 6 heteroatoms. The van der Waals surface area contributed by atoms with Crippen LogP contribution in [0.5, 0.6) is 0 Å². The van der Waals surface area contributed by atoms with Crippen LogP contribution in [0, 0.1) is 10.1 Å². The number of ether oxygens (including phenoxy) is 1. The van der Waals surface area contributed by atoms with Gasteiger partial charge in [0.1, 0.15) is 0 Å². The summed E-state index contributed by atoms with van der Waals surface area (Å²) in [6.07, 6.45) is 0.883. The van der Waals surface area contributed by atoms with Gasteiger partial charge in [-0.2, -0.15) is 0 Å². The molecule has 0 amide bonds. The molecule has 0 saturated heterocycles. The lowest BCUT2D eigenvalue weighted by Crippen LogP contribution is -1.93. The van der Waals surface area contributed by atoms with Crippen molar-refractivity contribution in [2.24, 2.45) is 0 Å². The van der Waals surface area contributed by atoms with E-state index in [2.05, 4.69) is 15.9 Å². The lowest BCUT2D eigenvalue weighted by molar-refractivity contribution is -0.387. The molecule has 0 aromatic heterocycles. The van der Waals surface area contributed by atoms with Gasteiger partial charge in [-0.1, -0.05) is 15.9 Å². The van der Waals surface area contributed by atoms with Crippen LogP contribution in [0.15, 0.2) is 27.6 Å². The summed E-state index contributed by atoms with van der Waals surface area (Å²) < 4.78 is 5.64. The normalized spacial score (nSPS) is 10.4. The number of benzene rings is 1. The maximum Gasteiger partial charge on any atom is 0.283 e. The van der Waals surface area contributed by atoms with Crippen molar-refractivity contribution in [3.8, 4) is 0 Å². The van der Waals surface area contributed by atoms with Crippen LogP contribution in [0.4, 0.5) is 5.69 Å². The van der Waals surface area contributed by atoms with Gasteiger partial charge in [0, 0.05) is 30.0 Å². The van der Waals surface area contributed by atoms with E-state index in [9.17, 15) is 10.1 Å². The lowest BCUT2D eigenvalue weighted by atomic mass is 10.3. The molecule has 16 heavy (non-hydrogen) atoms. The summed E-state index contributed by atoms with van der Waals surface area (Å²) in [6.45, 7) is 0.678. The summed E-state index contributed by atoms with van der Waals surface area (Å²) in [5.41, 5.74) is 0.150. The number of hydrogen-bond donors (Lipinski definition) is 0. The number of thioether (sulfide) groups is 1. The Labute approximate surface area is 107 Å². The molecule has 0 aliphatic rings. The highest BCUT2D eigenvalue weighted by Gasteiger charge is 2.13. The van der Waals surface area contributed by atoms with Gasteiger partial charge < -0.3 is 4.74 Å². The molecule has 4 nitrogen and oxygen atoms in total. The Kier molecular flexibility index (Phi) is 5.79. The predicted molar refractivity (Wildman–Crippen MR) is 68.0 cm³/mol. The summed E-state index contributed by atoms with van der Waals surface area (Å²) in [7, 11) is 1.65. The quantitative estimate of drug-likeness (QED) is 0.349. The van der Waals surface area contributed by atoms with Crippen LogP contribution in [0.3, 0.4) is 0 Å². The smallest absolute Gasteiger partial charge is 0.283 e. The van der Waals surface area contributed by atoms with E-state index < -0.39 is 0 Å². The maximum atomic E-state index is 10.8. The van der Waals surface area contributed by atoms with Gasteiger partial charge in [-0.25, -0.2) is 0 Å². The molecular formula is C10H12BrNO3S. The molecule has 0 radical (unpaired) electrons. The largest absolute Gasteiger partial charge is 0.385 e. The second-order valence-electron chi connectivity index (χ2n) is 3.06. The summed E-state index contributed by atoms with van der Waals surface area (Å²) in [4.78, 5) is 11.2. The fourth-order valence-corrected chi connectivity index (χ4v) is 2.42. The number of hydrogen-bond acceptors (Lipinski definition) is 4. The van der Waals surface area contributed by atoms with Crippen molar-refractivity contribution in [2.45, 2.75) is 11.3 Å². The molecule has 1 rings (SSSR count). The van der Waals surface area contributed by atoms with Crippen molar-refractivity contribution < 1.29 is 9.66 Å². The van der Waals surface area contributed by atoms with Gasteiger partial charge >= 0.3 is 0 Å². The third kappa shape index (κ3) is 4.11. The van der Waals surface area contributed by atoms with E-state index in [0.29, 0.717) is 11.5 Å². The average molecular weight is 306 g/mol. The first kappa shape index (κ1) is 13.5. The van der Waals surface area contributed by atoms with E-state index in [1.54, 1.807) is 13.2 Å². The Bertz CT molecular complexity index is 373. The Morgan fingerprint density at radius 1 is 1.56 bits per heavy atom. The van der Waals surface area contributed by atoms with Crippen LogP contribution in [-0.2, 0) is 4.74 Å². The zero-order valence-corrected chi connectivity index (χ0v) is 11.2. The fourth-order valence-electron chi connectivity index (χ4n) is 1.14. The standard InChI is InChI=1S/C10H12BrNO3S/c1-15-5-2-6-16-10-4-3-8(11)7-9(10)12(13)14/h3-4,7H,2,5-6H2,1H3. The first-order chi connectivity index (χ1) is 7.65. The van der Waals surface area contributed by atoms with Gasteiger partial charge in [0.25, 0.3) is 5.69 Å². The van der Waals surface area contributed by atoms with Crippen molar-refractivity contribution in [2.75, 3.05) is 19.5 Å². The highest BCUT2D eigenvalue weighted by Crippen LogP contribution is 2.31. The highest BCUT2D eigenvalue weighted by atomic mass is 79.9. The van der Waals surface area contributed by atoms with Crippen molar-refractivity contribution in [1.29, 1.82) is 0 Å². The van der Waals surface area contributed by atoms with Crippen molar-refractivity contribution in [3.05, 3.63) is 32.8 Å². The van der Waals surface area contributed by atoms with Gasteiger partial charge in [-0.15, -0.1) is 11.8 Å². The second kappa shape index (κ2) is 6.88.